The zero-order chi connectivity index (χ0) is 17.9. The summed E-state index contributed by atoms with van der Waals surface area (Å²) in [5, 5.41) is 0.583. The van der Waals surface area contributed by atoms with Gasteiger partial charge in [-0.05, 0) is 60.4 Å². The highest BCUT2D eigenvalue weighted by Crippen LogP contribution is 2.38. The van der Waals surface area contributed by atoms with Crippen LogP contribution in [0.4, 0.5) is 0 Å². The molecule has 3 aromatic rings. The summed E-state index contributed by atoms with van der Waals surface area (Å²) in [4.78, 5) is 4.16. The molecule has 2 aromatic carbocycles. The summed E-state index contributed by atoms with van der Waals surface area (Å²) < 4.78 is 17.3. The molecule has 2 heterocycles. The first-order chi connectivity index (χ1) is 12.7. The lowest BCUT2D eigenvalue weighted by molar-refractivity contribution is 0.176. The fourth-order valence-electron chi connectivity index (χ4n) is 3.05. The van der Waals surface area contributed by atoms with Gasteiger partial charge in [-0.1, -0.05) is 23.7 Å². The third-order valence-electron chi connectivity index (χ3n) is 4.37. The SMILES string of the molecule is COc1cccc(C2CCc3cc(Oc4ccc(Cl)cn4)ccc3O2)c1. The Labute approximate surface area is 157 Å². The summed E-state index contributed by atoms with van der Waals surface area (Å²) in [6.45, 7) is 0. The van der Waals surface area contributed by atoms with Crippen LogP contribution in [0, 0.1) is 0 Å². The van der Waals surface area contributed by atoms with E-state index in [1.807, 2.05) is 36.4 Å². The van der Waals surface area contributed by atoms with Gasteiger partial charge in [0.1, 0.15) is 23.4 Å². The molecule has 0 aliphatic carbocycles. The van der Waals surface area contributed by atoms with Gasteiger partial charge in [-0.3, -0.25) is 0 Å². The smallest absolute Gasteiger partial charge is 0.219 e. The van der Waals surface area contributed by atoms with Crippen LogP contribution in [0.15, 0.2) is 60.8 Å². The van der Waals surface area contributed by atoms with Crippen molar-refractivity contribution in [3.05, 3.63) is 76.9 Å². The Morgan fingerprint density at radius 3 is 2.81 bits per heavy atom. The summed E-state index contributed by atoms with van der Waals surface area (Å²) in [7, 11) is 1.67. The van der Waals surface area contributed by atoms with E-state index in [0.717, 1.165) is 41.2 Å². The molecule has 0 saturated heterocycles. The van der Waals surface area contributed by atoms with Crippen LogP contribution in [-0.2, 0) is 6.42 Å². The normalized spacial score (nSPS) is 15.7. The third-order valence-corrected chi connectivity index (χ3v) is 4.59. The number of halogens is 1. The molecule has 4 nitrogen and oxygen atoms in total. The topological polar surface area (TPSA) is 40.6 Å². The van der Waals surface area contributed by atoms with E-state index in [2.05, 4.69) is 11.1 Å². The number of methoxy groups -OCH3 is 1. The lowest BCUT2D eigenvalue weighted by Crippen LogP contribution is -2.15. The second-order valence-electron chi connectivity index (χ2n) is 6.11. The van der Waals surface area contributed by atoms with Crippen LogP contribution in [-0.4, -0.2) is 12.1 Å². The van der Waals surface area contributed by atoms with Gasteiger partial charge in [0.25, 0.3) is 0 Å². The molecule has 1 atom stereocenters. The van der Waals surface area contributed by atoms with Gasteiger partial charge < -0.3 is 14.2 Å². The summed E-state index contributed by atoms with van der Waals surface area (Å²) >= 11 is 5.85. The van der Waals surface area contributed by atoms with Gasteiger partial charge in [0.2, 0.25) is 5.88 Å². The van der Waals surface area contributed by atoms with Crippen molar-refractivity contribution in [3.8, 4) is 23.1 Å². The summed E-state index contributed by atoms with van der Waals surface area (Å²) in [5.74, 6) is 2.99. The molecular formula is C21H18ClNO3. The van der Waals surface area contributed by atoms with E-state index < -0.39 is 0 Å². The van der Waals surface area contributed by atoms with E-state index in [9.17, 15) is 0 Å². The number of rotatable bonds is 4. The molecular weight excluding hydrogens is 350 g/mol. The number of aryl methyl sites for hydroxylation is 1. The van der Waals surface area contributed by atoms with E-state index in [1.54, 1.807) is 25.4 Å². The predicted molar refractivity (Wildman–Crippen MR) is 100 cm³/mol. The number of ether oxygens (including phenoxy) is 3. The lowest BCUT2D eigenvalue weighted by atomic mass is 9.97. The van der Waals surface area contributed by atoms with Gasteiger partial charge in [-0.2, -0.15) is 0 Å². The number of hydrogen-bond acceptors (Lipinski definition) is 4. The number of fused-ring (bicyclic) bond motifs is 1. The second-order valence-corrected chi connectivity index (χ2v) is 6.54. The Morgan fingerprint density at radius 2 is 2.00 bits per heavy atom. The van der Waals surface area contributed by atoms with Crippen LogP contribution in [0.25, 0.3) is 0 Å². The van der Waals surface area contributed by atoms with Crippen LogP contribution >= 0.6 is 11.6 Å². The monoisotopic (exact) mass is 367 g/mol. The Hall–Kier alpha value is -2.72. The molecule has 0 radical (unpaired) electrons. The zero-order valence-electron chi connectivity index (χ0n) is 14.3. The first-order valence-electron chi connectivity index (χ1n) is 8.44. The zero-order valence-corrected chi connectivity index (χ0v) is 15.1. The first kappa shape index (κ1) is 16.7. The van der Waals surface area contributed by atoms with Gasteiger partial charge in [0, 0.05) is 12.3 Å². The first-order valence-corrected chi connectivity index (χ1v) is 8.82. The molecule has 0 amide bonds. The molecule has 1 aliphatic rings. The Balaban J connectivity index is 1.51. The van der Waals surface area contributed by atoms with Crippen molar-refractivity contribution in [3.63, 3.8) is 0 Å². The average molecular weight is 368 g/mol. The predicted octanol–water partition coefficient (Wildman–Crippen LogP) is 5.60. The lowest BCUT2D eigenvalue weighted by Gasteiger charge is -2.27. The van der Waals surface area contributed by atoms with Crippen molar-refractivity contribution in [1.82, 2.24) is 4.98 Å². The minimum absolute atomic E-state index is 0.0299. The maximum absolute atomic E-state index is 6.19. The van der Waals surface area contributed by atoms with E-state index in [4.69, 9.17) is 25.8 Å². The quantitative estimate of drug-likeness (QED) is 0.601. The van der Waals surface area contributed by atoms with Crippen molar-refractivity contribution in [1.29, 1.82) is 0 Å². The Bertz CT molecular complexity index is 911. The number of hydrogen-bond donors (Lipinski definition) is 0. The molecule has 0 N–H and O–H groups in total. The van der Waals surface area contributed by atoms with Crippen LogP contribution < -0.4 is 14.2 Å². The average Bonchev–Trinajstić information content (AvgIpc) is 2.69. The number of aromatic nitrogens is 1. The molecule has 4 rings (SSSR count). The molecule has 1 aromatic heterocycles. The van der Waals surface area contributed by atoms with Crippen LogP contribution in [0.3, 0.4) is 0 Å². The maximum Gasteiger partial charge on any atom is 0.219 e. The summed E-state index contributed by atoms with van der Waals surface area (Å²) in [6, 6.07) is 17.4. The van der Waals surface area contributed by atoms with Crippen molar-refractivity contribution in [2.24, 2.45) is 0 Å². The highest BCUT2D eigenvalue weighted by molar-refractivity contribution is 6.30. The van der Waals surface area contributed by atoms with Crippen LogP contribution in [0.5, 0.6) is 23.1 Å². The fraction of sp³-hybridized carbons (Fsp3) is 0.190. The van der Waals surface area contributed by atoms with Gasteiger partial charge in [-0.15, -0.1) is 0 Å². The number of benzene rings is 2. The minimum Gasteiger partial charge on any atom is -0.497 e. The standard InChI is InChI=1S/C21H18ClNO3/c1-24-17-4-2-3-14(11-17)19-8-5-15-12-18(7-9-20(15)26-19)25-21-10-6-16(22)13-23-21/h2-4,6-7,9-13,19H,5,8H2,1H3. The van der Waals surface area contributed by atoms with Crippen molar-refractivity contribution in [2.75, 3.05) is 7.11 Å². The van der Waals surface area contributed by atoms with Crippen LogP contribution in [0.1, 0.15) is 23.7 Å². The summed E-state index contributed by atoms with van der Waals surface area (Å²) in [6.07, 6.45) is 3.42. The maximum atomic E-state index is 6.19. The van der Waals surface area contributed by atoms with Gasteiger partial charge in [-0.25, -0.2) is 4.98 Å². The van der Waals surface area contributed by atoms with E-state index in [1.165, 1.54) is 0 Å². The molecule has 0 saturated carbocycles. The van der Waals surface area contributed by atoms with Gasteiger partial charge in [0.15, 0.2) is 0 Å². The van der Waals surface area contributed by atoms with E-state index in [-0.39, 0.29) is 6.10 Å². The molecule has 1 unspecified atom stereocenters. The summed E-state index contributed by atoms with van der Waals surface area (Å²) in [5.41, 5.74) is 2.26. The van der Waals surface area contributed by atoms with Crippen molar-refractivity contribution in [2.45, 2.75) is 18.9 Å². The molecule has 1 aliphatic heterocycles. The molecule has 0 fully saturated rings. The fourth-order valence-corrected chi connectivity index (χ4v) is 3.16. The van der Waals surface area contributed by atoms with Crippen LogP contribution in [0.2, 0.25) is 5.02 Å². The Morgan fingerprint density at radius 1 is 1.08 bits per heavy atom. The van der Waals surface area contributed by atoms with E-state index >= 15 is 0 Å². The molecule has 0 bridgehead atoms. The van der Waals surface area contributed by atoms with Crippen molar-refractivity contribution < 1.29 is 14.2 Å². The largest absolute Gasteiger partial charge is 0.497 e. The molecule has 26 heavy (non-hydrogen) atoms. The Kier molecular flexibility index (Phi) is 4.67. The van der Waals surface area contributed by atoms with Gasteiger partial charge >= 0.3 is 0 Å². The second kappa shape index (κ2) is 7.26. The van der Waals surface area contributed by atoms with E-state index in [0.29, 0.717) is 10.9 Å². The highest BCUT2D eigenvalue weighted by Gasteiger charge is 2.22. The number of nitrogens with zero attached hydrogens (tertiary/aromatic N) is 1. The molecule has 132 valence electrons. The third kappa shape index (κ3) is 3.60. The molecule has 0 spiro atoms. The van der Waals surface area contributed by atoms with Crippen molar-refractivity contribution >= 4 is 11.6 Å². The number of pyridine rings is 1. The molecule has 5 heteroatoms. The highest BCUT2D eigenvalue weighted by atomic mass is 35.5. The minimum atomic E-state index is 0.0299. The van der Waals surface area contributed by atoms with Gasteiger partial charge in [0.05, 0.1) is 12.1 Å².